The van der Waals surface area contributed by atoms with Crippen molar-refractivity contribution in [3.05, 3.63) is 52.4 Å². The van der Waals surface area contributed by atoms with Crippen molar-refractivity contribution in [1.29, 1.82) is 5.26 Å². The highest BCUT2D eigenvalue weighted by Crippen LogP contribution is 2.35. The van der Waals surface area contributed by atoms with Crippen LogP contribution in [0.25, 0.3) is 6.08 Å². The minimum Gasteiger partial charge on any atom is -0.494 e. The molecule has 5 heteroatoms. The van der Waals surface area contributed by atoms with Gasteiger partial charge in [-0.1, -0.05) is 32.9 Å². The first-order chi connectivity index (χ1) is 11.8. The van der Waals surface area contributed by atoms with Crippen molar-refractivity contribution in [2.45, 2.75) is 33.1 Å². The molecule has 0 saturated carbocycles. The first kappa shape index (κ1) is 18.8. The summed E-state index contributed by atoms with van der Waals surface area (Å²) in [5.41, 5.74) is 2.26. The SMILES string of the molecule is CCOc1ccc(/C=C/C(=O)Nc2scc(C(C)(C)C)c2C#N)cc1. The Morgan fingerprint density at radius 2 is 2.00 bits per heavy atom. The molecule has 0 aliphatic carbocycles. The van der Waals surface area contributed by atoms with Crippen LogP contribution in [-0.4, -0.2) is 12.5 Å². The van der Waals surface area contributed by atoms with E-state index in [1.807, 2.05) is 57.3 Å². The van der Waals surface area contributed by atoms with Gasteiger partial charge in [-0.15, -0.1) is 11.3 Å². The number of thiophene rings is 1. The number of ether oxygens (including phenoxy) is 1. The third kappa shape index (κ3) is 4.94. The van der Waals surface area contributed by atoms with Crippen LogP contribution >= 0.6 is 11.3 Å². The minimum absolute atomic E-state index is 0.136. The van der Waals surface area contributed by atoms with Crippen molar-refractivity contribution < 1.29 is 9.53 Å². The molecule has 2 aromatic rings. The van der Waals surface area contributed by atoms with E-state index in [0.29, 0.717) is 17.2 Å². The summed E-state index contributed by atoms with van der Waals surface area (Å²) in [5, 5.41) is 14.7. The molecule has 0 aliphatic rings. The predicted octanol–water partition coefficient (Wildman–Crippen LogP) is 4.97. The zero-order valence-corrected chi connectivity index (χ0v) is 15.7. The second-order valence-corrected chi connectivity index (χ2v) is 7.42. The largest absolute Gasteiger partial charge is 0.494 e. The summed E-state index contributed by atoms with van der Waals surface area (Å²) in [4.78, 5) is 12.2. The van der Waals surface area contributed by atoms with Gasteiger partial charge in [0.1, 0.15) is 16.8 Å². The molecule has 1 amide bonds. The molecule has 1 aromatic carbocycles. The molecule has 0 bridgehead atoms. The Bertz CT molecular complexity index is 806. The van der Waals surface area contributed by atoms with Crippen molar-refractivity contribution in [3.8, 4) is 11.8 Å². The number of carbonyl (C=O) groups excluding carboxylic acids is 1. The van der Waals surface area contributed by atoms with Crippen LogP contribution in [0.3, 0.4) is 0 Å². The van der Waals surface area contributed by atoms with Crippen LogP contribution in [0.15, 0.2) is 35.7 Å². The van der Waals surface area contributed by atoms with Crippen LogP contribution < -0.4 is 10.1 Å². The number of rotatable bonds is 5. The molecule has 0 atom stereocenters. The van der Waals surface area contributed by atoms with Crippen LogP contribution in [0, 0.1) is 11.3 Å². The molecular formula is C20H22N2O2S. The lowest BCUT2D eigenvalue weighted by atomic mass is 9.86. The molecule has 25 heavy (non-hydrogen) atoms. The molecular weight excluding hydrogens is 332 g/mol. The van der Waals surface area contributed by atoms with Gasteiger partial charge in [-0.25, -0.2) is 0 Å². The Morgan fingerprint density at radius 3 is 2.56 bits per heavy atom. The van der Waals surface area contributed by atoms with Gasteiger partial charge in [0.15, 0.2) is 0 Å². The fourth-order valence-corrected chi connectivity index (χ4v) is 3.42. The maximum atomic E-state index is 12.2. The van der Waals surface area contributed by atoms with Crippen molar-refractivity contribution in [3.63, 3.8) is 0 Å². The zero-order valence-electron chi connectivity index (χ0n) is 14.9. The first-order valence-electron chi connectivity index (χ1n) is 8.09. The van der Waals surface area contributed by atoms with Crippen LogP contribution in [0.4, 0.5) is 5.00 Å². The monoisotopic (exact) mass is 354 g/mol. The quantitative estimate of drug-likeness (QED) is 0.771. The summed E-state index contributed by atoms with van der Waals surface area (Å²) in [6, 6.07) is 9.71. The Morgan fingerprint density at radius 1 is 1.32 bits per heavy atom. The molecule has 0 spiro atoms. The molecule has 0 radical (unpaired) electrons. The number of carbonyl (C=O) groups is 1. The van der Waals surface area contributed by atoms with E-state index in [-0.39, 0.29) is 11.3 Å². The maximum Gasteiger partial charge on any atom is 0.249 e. The van der Waals surface area contributed by atoms with E-state index in [4.69, 9.17) is 4.74 Å². The van der Waals surface area contributed by atoms with Crippen molar-refractivity contribution in [2.24, 2.45) is 0 Å². The Hall–Kier alpha value is -2.58. The van der Waals surface area contributed by atoms with Crippen LogP contribution in [0.1, 0.15) is 44.4 Å². The van der Waals surface area contributed by atoms with Gasteiger partial charge in [0.25, 0.3) is 0 Å². The normalized spacial score (nSPS) is 11.3. The van der Waals surface area contributed by atoms with Crippen molar-refractivity contribution >= 4 is 28.3 Å². The summed E-state index contributed by atoms with van der Waals surface area (Å²) in [5.74, 6) is 0.545. The highest BCUT2D eigenvalue weighted by molar-refractivity contribution is 7.14. The smallest absolute Gasteiger partial charge is 0.249 e. The van der Waals surface area contributed by atoms with Crippen molar-refractivity contribution in [2.75, 3.05) is 11.9 Å². The second-order valence-electron chi connectivity index (χ2n) is 6.54. The van der Waals surface area contributed by atoms with Gasteiger partial charge >= 0.3 is 0 Å². The van der Waals surface area contributed by atoms with E-state index < -0.39 is 0 Å². The molecule has 0 saturated heterocycles. The number of hydrogen-bond acceptors (Lipinski definition) is 4. The lowest BCUT2D eigenvalue weighted by Gasteiger charge is -2.17. The molecule has 2 rings (SSSR count). The minimum atomic E-state index is -0.257. The van der Waals surface area contributed by atoms with Crippen molar-refractivity contribution in [1.82, 2.24) is 0 Å². The number of nitriles is 1. The second kappa shape index (κ2) is 8.00. The fourth-order valence-electron chi connectivity index (χ4n) is 2.28. The standard InChI is InChI=1S/C20H22N2O2S/c1-5-24-15-9-6-14(7-10-15)8-11-18(23)22-19-16(12-21)17(13-25-19)20(2,3)4/h6-11,13H,5H2,1-4H3,(H,22,23)/b11-8+. The van der Waals surface area contributed by atoms with E-state index in [1.165, 1.54) is 17.4 Å². The van der Waals surface area contributed by atoms with E-state index in [2.05, 4.69) is 11.4 Å². The third-order valence-electron chi connectivity index (χ3n) is 3.57. The Labute approximate surface area is 152 Å². The molecule has 1 heterocycles. The molecule has 0 fully saturated rings. The molecule has 0 unspecified atom stereocenters. The highest BCUT2D eigenvalue weighted by Gasteiger charge is 2.22. The summed E-state index contributed by atoms with van der Waals surface area (Å²) < 4.78 is 5.39. The van der Waals surface area contributed by atoms with E-state index in [9.17, 15) is 10.1 Å². The first-order valence-corrected chi connectivity index (χ1v) is 8.97. The number of nitrogens with zero attached hydrogens (tertiary/aromatic N) is 1. The summed E-state index contributed by atoms with van der Waals surface area (Å²) in [6.07, 6.45) is 3.20. The van der Waals surface area contributed by atoms with Gasteiger partial charge in [0.2, 0.25) is 5.91 Å². The lowest BCUT2D eigenvalue weighted by molar-refractivity contribution is -0.111. The van der Waals surface area contributed by atoms with E-state index in [1.54, 1.807) is 6.08 Å². The van der Waals surface area contributed by atoms with Gasteiger partial charge < -0.3 is 10.1 Å². The Balaban J connectivity index is 2.08. The van der Waals surface area contributed by atoms with Gasteiger partial charge in [-0.2, -0.15) is 5.26 Å². The molecule has 1 aromatic heterocycles. The summed E-state index contributed by atoms with van der Waals surface area (Å²) in [6.45, 7) is 8.70. The predicted molar refractivity (Wildman–Crippen MR) is 103 cm³/mol. The number of amides is 1. The topological polar surface area (TPSA) is 62.1 Å². The maximum absolute atomic E-state index is 12.2. The number of anilines is 1. The van der Waals surface area contributed by atoms with Gasteiger partial charge in [-0.3, -0.25) is 4.79 Å². The number of benzene rings is 1. The zero-order chi connectivity index (χ0) is 18.4. The Kier molecular flexibility index (Phi) is 6.00. The fraction of sp³-hybridized carbons (Fsp3) is 0.300. The lowest BCUT2D eigenvalue weighted by Crippen LogP contribution is -2.13. The molecule has 1 N–H and O–H groups in total. The van der Waals surface area contributed by atoms with Crippen LogP contribution in [0.2, 0.25) is 0 Å². The highest BCUT2D eigenvalue weighted by atomic mass is 32.1. The average molecular weight is 354 g/mol. The summed E-state index contributed by atoms with van der Waals surface area (Å²) >= 11 is 1.38. The third-order valence-corrected chi connectivity index (χ3v) is 4.46. The van der Waals surface area contributed by atoms with Crippen LogP contribution in [0.5, 0.6) is 5.75 Å². The molecule has 0 aliphatic heterocycles. The van der Waals surface area contributed by atoms with E-state index >= 15 is 0 Å². The van der Waals surface area contributed by atoms with Gasteiger partial charge in [0.05, 0.1) is 12.2 Å². The number of nitrogens with one attached hydrogen (secondary N) is 1. The van der Waals surface area contributed by atoms with Gasteiger partial charge in [0, 0.05) is 6.08 Å². The van der Waals surface area contributed by atoms with E-state index in [0.717, 1.165) is 16.9 Å². The average Bonchev–Trinajstić information content (AvgIpc) is 2.97. The summed E-state index contributed by atoms with van der Waals surface area (Å²) in [7, 11) is 0. The molecule has 4 nitrogen and oxygen atoms in total. The number of hydrogen-bond donors (Lipinski definition) is 1. The molecule has 130 valence electrons. The van der Waals surface area contributed by atoms with Crippen LogP contribution in [-0.2, 0) is 10.2 Å². The van der Waals surface area contributed by atoms with Gasteiger partial charge in [-0.05, 0) is 47.1 Å².